The smallest absolute Gasteiger partial charge is 0.243 e. The minimum Gasteiger partial charge on any atom is -0.491 e. The van der Waals surface area contributed by atoms with Gasteiger partial charge in [-0.3, -0.25) is 4.79 Å². The summed E-state index contributed by atoms with van der Waals surface area (Å²) >= 11 is 0. The van der Waals surface area contributed by atoms with Gasteiger partial charge in [0.2, 0.25) is 15.9 Å². The van der Waals surface area contributed by atoms with Crippen LogP contribution in [-0.2, 0) is 19.6 Å². The van der Waals surface area contributed by atoms with Gasteiger partial charge in [-0.15, -0.1) is 0 Å². The molecule has 2 aromatic carbocycles. The summed E-state index contributed by atoms with van der Waals surface area (Å²) in [4.78, 5) is 12.4. The molecule has 1 heterocycles. The van der Waals surface area contributed by atoms with Crippen molar-refractivity contribution < 1.29 is 22.7 Å². The summed E-state index contributed by atoms with van der Waals surface area (Å²) in [7, 11) is -2.34. The minimum absolute atomic E-state index is 0.107. The van der Waals surface area contributed by atoms with Gasteiger partial charge in [0.25, 0.3) is 0 Å². The fourth-order valence-corrected chi connectivity index (χ4v) is 4.04. The summed E-state index contributed by atoms with van der Waals surface area (Å²) in [6.07, 6.45) is 2.14. The Morgan fingerprint density at radius 2 is 2.00 bits per heavy atom. The molecular weight excluding hydrogens is 380 g/mol. The molecule has 0 aliphatic carbocycles. The lowest BCUT2D eigenvalue weighted by atomic mass is 10.2. The first-order chi connectivity index (χ1) is 13.4. The van der Waals surface area contributed by atoms with E-state index in [0.717, 1.165) is 23.8 Å². The number of amides is 1. The van der Waals surface area contributed by atoms with E-state index in [9.17, 15) is 13.2 Å². The zero-order valence-corrected chi connectivity index (χ0v) is 16.5. The van der Waals surface area contributed by atoms with E-state index in [2.05, 4.69) is 5.32 Å². The van der Waals surface area contributed by atoms with E-state index >= 15 is 0 Å². The molecule has 1 atom stereocenters. The van der Waals surface area contributed by atoms with Crippen molar-refractivity contribution in [3.05, 3.63) is 54.6 Å². The average Bonchev–Trinajstić information content (AvgIpc) is 3.21. The van der Waals surface area contributed by atoms with Crippen LogP contribution < -0.4 is 10.1 Å². The summed E-state index contributed by atoms with van der Waals surface area (Å²) in [6, 6.07) is 15.0. The van der Waals surface area contributed by atoms with E-state index in [-0.39, 0.29) is 17.5 Å². The number of carbonyl (C=O) groups is 1. The molecule has 1 N–H and O–H groups in total. The van der Waals surface area contributed by atoms with Crippen LogP contribution in [0.5, 0.6) is 5.75 Å². The van der Waals surface area contributed by atoms with Gasteiger partial charge in [-0.25, -0.2) is 8.42 Å². The van der Waals surface area contributed by atoms with Gasteiger partial charge >= 0.3 is 0 Å². The highest BCUT2D eigenvalue weighted by atomic mass is 32.2. The second-order valence-electron chi connectivity index (χ2n) is 6.60. The average molecular weight is 404 g/mol. The van der Waals surface area contributed by atoms with E-state index in [1.165, 1.54) is 19.2 Å². The highest BCUT2D eigenvalue weighted by Crippen LogP contribution is 2.20. The van der Waals surface area contributed by atoms with Crippen molar-refractivity contribution in [1.29, 1.82) is 0 Å². The molecule has 0 radical (unpaired) electrons. The van der Waals surface area contributed by atoms with Crippen LogP contribution in [0.25, 0.3) is 0 Å². The lowest BCUT2D eigenvalue weighted by Gasteiger charge is -2.17. The fourth-order valence-electron chi connectivity index (χ4n) is 2.89. The summed E-state index contributed by atoms with van der Waals surface area (Å²) in [5, 5.41) is 2.71. The zero-order chi connectivity index (χ0) is 20.0. The molecule has 150 valence electrons. The number of sulfonamides is 1. The third-order valence-electron chi connectivity index (χ3n) is 4.40. The molecule has 8 heteroatoms. The molecule has 1 aliphatic rings. The van der Waals surface area contributed by atoms with Gasteiger partial charge in [0.1, 0.15) is 12.4 Å². The minimum atomic E-state index is -3.72. The normalized spacial score (nSPS) is 16.9. The van der Waals surface area contributed by atoms with Gasteiger partial charge in [0.05, 0.1) is 17.5 Å². The number of anilines is 1. The summed E-state index contributed by atoms with van der Waals surface area (Å²) in [5.41, 5.74) is 0.542. The Kier molecular flexibility index (Phi) is 6.66. The van der Waals surface area contributed by atoms with E-state index in [0.29, 0.717) is 18.0 Å². The van der Waals surface area contributed by atoms with Crippen LogP contribution in [-0.4, -0.2) is 51.5 Å². The Morgan fingerprint density at radius 1 is 1.21 bits per heavy atom. The number of hydrogen-bond acceptors (Lipinski definition) is 5. The Balaban J connectivity index is 1.56. The lowest BCUT2D eigenvalue weighted by molar-refractivity contribution is -0.116. The topological polar surface area (TPSA) is 84.9 Å². The number of benzene rings is 2. The van der Waals surface area contributed by atoms with E-state index in [1.54, 1.807) is 42.5 Å². The van der Waals surface area contributed by atoms with Gasteiger partial charge < -0.3 is 14.8 Å². The first-order valence-corrected chi connectivity index (χ1v) is 10.5. The van der Waals surface area contributed by atoms with Crippen molar-refractivity contribution >= 4 is 21.6 Å². The fraction of sp³-hybridized carbons (Fsp3) is 0.350. The number of hydrogen-bond donors (Lipinski definition) is 1. The standard InChI is InChI=1S/C20H24N2O5S/c1-22(28(24,25)19-10-3-2-4-11-19)14-20(23)21-16-7-5-8-17(13-16)27-15-18-9-6-12-26-18/h2-5,7-8,10-11,13,18H,6,9,12,14-15H2,1H3,(H,21,23). The molecule has 1 fully saturated rings. The first-order valence-electron chi connectivity index (χ1n) is 9.11. The molecule has 3 rings (SSSR count). The lowest BCUT2D eigenvalue weighted by Crippen LogP contribution is -2.34. The molecule has 1 saturated heterocycles. The summed E-state index contributed by atoms with van der Waals surface area (Å²) < 4.78 is 37.3. The number of ether oxygens (including phenoxy) is 2. The summed E-state index contributed by atoms with van der Waals surface area (Å²) in [6.45, 7) is 0.942. The molecule has 1 amide bonds. The van der Waals surface area contributed by atoms with Crippen LogP contribution in [0.3, 0.4) is 0 Å². The maximum Gasteiger partial charge on any atom is 0.243 e. The Bertz CT molecular complexity index is 896. The van der Waals surface area contributed by atoms with Crippen molar-refractivity contribution in [2.45, 2.75) is 23.8 Å². The first kappa shape index (κ1) is 20.3. The zero-order valence-electron chi connectivity index (χ0n) is 15.7. The second kappa shape index (κ2) is 9.18. The molecule has 0 bridgehead atoms. The Morgan fingerprint density at radius 3 is 2.71 bits per heavy atom. The third-order valence-corrected chi connectivity index (χ3v) is 6.21. The molecule has 1 unspecified atom stereocenters. The van der Waals surface area contributed by atoms with Crippen LogP contribution in [0.4, 0.5) is 5.69 Å². The molecule has 0 spiro atoms. The maximum absolute atomic E-state index is 12.5. The van der Waals surface area contributed by atoms with Crippen LogP contribution >= 0.6 is 0 Å². The van der Waals surface area contributed by atoms with Gasteiger partial charge in [-0.1, -0.05) is 24.3 Å². The Hall–Kier alpha value is -2.42. The van der Waals surface area contributed by atoms with Gasteiger partial charge in [-0.05, 0) is 37.1 Å². The van der Waals surface area contributed by atoms with Crippen molar-refractivity contribution in [1.82, 2.24) is 4.31 Å². The van der Waals surface area contributed by atoms with E-state index in [1.807, 2.05) is 0 Å². The summed E-state index contributed by atoms with van der Waals surface area (Å²) in [5.74, 6) is 0.192. The predicted molar refractivity (Wildman–Crippen MR) is 106 cm³/mol. The molecule has 7 nitrogen and oxygen atoms in total. The molecule has 0 aromatic heterocycles. The quantitative estimate of drug-likeness (QED) is 0.731. The van der Waals surface area contributed by atoms with Crippen LogP contribution in [0.1, 0.15) is 12.8 Å². The molecule has 28 heavy (non-hydrogen) atoms. The van der Waals surface area contributed by atoms with Crippen molar-refractivity contribution in [2.75, 3.05) is 32.1 Å². The number of nitrogens with zero attached hydrogens (tertiary/aromatic N) is 1. The van der Waals surface area contributed by atoms with Crippen LogP contribution in [0.2, 0.25) is 0 Å². The Labute approximate surface area is 165 Å². The monoisotopic (exact) mass is 404 g/mol. The second-order valence-corrected chi connectivity index (χ2v) is 8.64. The SMILES string of the molecule is CN(CC(=O)Nc1cccc(OCC2CCCO2)c1)S(=O)(=O)c1ccccc1. The molecular formula is C20H24N2O5S. The number of likely N-dealkylation sites (N-methyl/N-ethyl adjacent to an activating group) is 1. The van der Waals surface area contributed by atoms with Crippen molar-refractivity contribution in [3.8, 4) is 5.75 Å². The van der Waals surface area contributed by atoms with Crippen molar-refractivity contribution in [3.63, 3.8) is 0 Å². The van der Waals surface area contributed by atoms with Gasteiger partial charge in [0, 0.05) is 25.4 Å². The number of nitrogens with one attached hydrogen (secondary N) is 1. The van der Waals surface area contributed by atoms with Crippen LogP contribution in [0.15, 0.2) is 59.5 Å². The third kappa shape index (κ3) is 5.31. The number of rotatable bonds is 8. The van der Waals surface area contributed by atoms with Gasteiger partial charge in [-0.2, -0.15) is 4.31 Å². The molecule has 2 aromatic rings. The molecule has 0 saturated carbocycles. The highest BCUT2D eigenvalue weighted by Gasteiger charge is 2.22. The van der Waals surface area contributed by atoms with Gasteiger partial charge in [0.15, 0.2) is 0 Å². The molecule has 1 aliphatic heterocycles. The largest absolute Gasteiger partial charge is 0.491 e. The van der Waals surface area contributed by atoms with E-state index < -0.39 is 15.9 Å². The maximum atomic E-state index is 12.5. The highest BCUT2D eigenvalue weighted by molar-refractivity contribution is 7.89. The van der Waals surface area contributed by atoms with Crippen molar-refractivity contribution in [2.24, 2.45) is 0 Å². The van der Waals surface area contributed by atoms with Crippen LogP contribution in [0, 0.1) is 0 Å². The van der Waals surface area contributed by atoms with E-state index in [4.69, 9.17) is 9.47 Å². The predicted octanol–water partition coefficient (Wildman–Crippen LogP) is 2.50. The number of carbonyl (C=O) groups excluding carboxylic acids is 1.